The lowest BCUT2D eigenvalue weighted by atomic mass is 9.80. The summed E-state index contributed by atoms with van der Waals surface area (Å²) in [4.78, 5) is 24.4. The van der Waals surface area contributed by atoms with Crippen molar-refractivity contribution in [2.45, 2.75) is 51.5 Å². The summed E-state index contributed by atoms with van der Waals surface area (Å²) in [6.07, 6.45) is 12.1. The minimum Gasteiger partial charge on any atom is -0.333 e. The number of carbonyl (C=O) groups excluding carboxylic acids is 1. The number of carbonyl (C=O) groups is 1. The minimum atomic E-state index is 0.0251. The summed E-state index contributed by atoms with van der Waals surface area (Å²) in [5.74, 6) is 1.25. The van der Waals surface area contributed by atoms with E-state index in [1.165, 1.54) is 24.0 Å². The molecule has 2 atom stereocenters. The second kappa shape index (κ2) is 8.16. The molecular weight excluding hydrogens is 394 g/mol. The van der Waals surface area contributed by atoms with Gasteiger partial charge in [0.25, 0.3) is 5.91 Å². The van der Waals surface area contributed by atoms with Crippen molar-refractivity contribution in [3.05, 3.63) is 71.0 Å². The average Bonchev–Trinajstić information content (AvgIpc) is 3.58. The van der Waals surface area contributed by atoms with Crippen LogP contribution in [0.5, 0.6) is 0 Å². The van der Waals surface area contributed by atoms with Crippen LogP contribution in [0.4, 0.5) is 5.69 Å². The fraction of sp³-hybridized carbons (Fsp3) is 0.393. The van der Waals surface area contributed by atoms with Crippen molar-refractivity contribution in [1.82, 2.24) is 4.90 Å². The predicted molar refractivity (Wildman–Crippen MR) is 132 cm³/mol. The molecule has 1 saturated heterocycles. The topological polar surface area (TPSA) is 45.0 Å². The summed E-state index contributed by atoms with van der Waals surface area (Å²) in [6, 6.07) is 6.32. The highest BCUT2D eigenvalue weighted by Gasteiger charge is 2.41. The van der Waals surface area contributed by atoms with Gasteiger partial charge in [0.2, 0.25) is 0 Å². The molecule has 1 aromatic rings. The molecule has 4 aliphatic rings. The number of hydrogen-bond acceptors (Lipinski definition) is 3. The molecule has 1 aromatic carbocycles. The Labute approximate surface area is 190 Å². The lowest BCUT2D eigenvalue weighted by Crippen LogP contribution is -2.42. The number of rotatable bonds is 5. The van der Waals surface area contributed by atoms with Crippen LogP contribution >= 0.6 is 0 Å². The van der Waals surface area contributed by atoms with E-state index in [4.69, 9.17) is 4.99 Å². The number of amides is 1. The van der Waals surface area contributed by atoms with Crippen LogP contribution in [0.25, 0.3) is 5.57 Å². The molecule has 4 heteroatoms. The van der Waals surface area contributed by atoms with Crippen LogP contribution in [0.1, 0.15) is 50.2 Å². The zero-order valence-corrected chi connectivity index (χ0v) is 19.1. The number of allylic oxidation sites excluding steroid dienone is 4. The van der Waals surface area contributed by atoms with Gasteiger partial charge >= 0.3 is 0 Å². The van der Waals surface area contributed by atoms with Gasteiger partial charge in [-0.3, -0.25) is 14.8 Å². The Morgan fingerprint density at radius 1 is 1.31 bits per heavy atom. The molecular formula is C28H31N3O. The molecule has 2 fully saturated rings. The molecule has 4 nitrogen and oxygen atoms in total. The van der Waals surface area contributed by atoms with Crippen LogP contribution in [0, 0.1) is 11.8 Å². The molecule has 164 valence electrons. The van der Waals surface area contributed by atoms with E-state index < -0.39 is 0 Å². The Kier molecular flexibility index (Phi) is 5.32. The average molecular weight is 426 g/mol. The monoisotopic (exact) mass is 425 g/mol. The third-order valence-electron chi connectivity index (χ3n) is 7.44. The lowest BCUT2D eigenvalue weighted by molar-refractivity contribution is -0.126. The van der Waals surface area contributed by atoms with Crippen molar-refractivity contribution in [3.63, 3.8) is 0 Å². The van der Waals surface area contributed by atoms with E-state index in [2.05, 4.69) is 49.5 Å². The molecule has 32 heavy (non-hydrogen) atoms. The highest BCUT2D eigenvalue weighted by molar-refractivity contribution is 6.05. The minimum absolute atomic E-state index is 0.0251. The van der Waals surface area contributed by atoms with Gasteiger partial charge in [0.15, 0.2) is 0 Å². The number of hydrogen-bond donors (Lipinski definition) is 0. The van der Waals surface area contributed by atoms with Crippen LogP contribution < -0.4 is 0 Å². The van der Waals surface area contributed by atoms with Gasteiger partial charge in [-0.2, -0.15) is 0 Å². The van der Waals surface area contributed by atoms with Gasteiger partial charge in [-0.15, -0.1) is 0 Å². The number of fused-ring (bicyclic) bond motifs is 2. The molecule has 1 saturated carbocycles. The van der Waals surface area contributed by atoms with E-state index in [0.29, 0.717) is 5.92 Å². The van der Waals surface area contributed by atoms with Crippen molar-refractivity contribution >= 4 is 29.6 Å². The van der Waals surface area contributed by atoms with Crippen molar-refractivity contribution in [3.8, 4) is 0 Å². The molecule has 1 amide bonds. The highest BCUT2D eigenvalue weighted by Crippen LogP contribution is 2.47. The van der Waals surface area contributed by atoms with Gasteiger partial charge in [0.05, 0.1) is 11.7 Å². The number of likely N-dealkylation sites (tertiary alicyclic amines) is 1. The summed E-state index contributed by atoms with van der Waals surface area (Å²) in [5.41, 5.74) is 9.20. The second-order valence-electron chi connectivity index (χ2n) is 9.53. The van der Waals surface area contributed by atoms with Crippen LogP contribution in [0.3, 0.4) is 0 Å². The summed E-state index contributed by atoms with van der Waals surface area (Å²) in [7, 11) is 1.96. The first-order valence-corrected chi connectivity index (χ1v) is 11.7. The predicted octanol–water partition coefficient (Wildman–Crippen LogP) is 5.84. The maximum Gasteiger partial charge on any atom is 0.254 e. The third-order valence-corrected chi connectivity index (χ3v) is 7.44. The molecule has 2 aliphatic heterocycles. The Bertz CT molecular complexity index is 1130. The Balaban J connectivity index is 1.46. The highest BCUT2D eigenvalue weighted by atomic mass is 16.2. The maximum atomic E-state index is 13.5. The second-order valence-corrected chi connectivity index (χ2v) is 9.53. The standard InChI is InChI=1S/C28H31N3O/c1-5-18(16-29-3)20-11-12-24-21(14-20)15-25(30-24)26-13-17(2)27-22(19-9-10-19)7-6-8-23(27)28(32)31(26)4/h5,8,11-12,14,16-17,19,26H,1,3,6-7,9-10,13,15H2,2,4H3/b18-16+. The molecule has 0 aromatic heterocycles. The number of likely N-dealkylation sites (N-methyl/N-ethyl adjacent to an activating group) is 1. The third kappa shape index (κ3) is 3.52. The Hall–Kier alpha value is -3.01. The molecule has 2 heterocycles. The Morgan fingerprint density at radius 3 is 2.84 bits per heavy atom. The first kappa shape index (κ1) is 20.9. The van der Waals surface area contributed by atoms with Gasteiger partial charge < -0.3 is 4.90 Å². The van der Waals surface area contributed by atoms with Crippen LogP contribution in [0.15, 0.2) is 69.8 Å². The van der Waals surface area contributed by atoms with Crippen LogP contribution in [0.2, 0.25) is 0 Å². The van der Waals surface area contributed by atoms with E-state index >= 15 is 0 Å². The van der Waals surface area contributed by atoms with Crippen molar-refractivity contribution in [2.75, 3.05) is 7.05 Å². The van der Waals surface area contributed by atoms with E-state index in [0.717, 1.165) is 59.7 Å². The maximum absolute atomic E-state index is 13.5. The number of aliphatic imine (C=N–C) groups is 2. The number of nitrogens with zero attached hydrogens (tertiary/aromatic N) is 3. The zero-order valence-electron chi connectivity index (χ0n) is 19.1. The zero-order chi connectivity index (χ0) is 22.4. The SMILES string of the molecule is C=C/C(=C\N=C)c1ccc2c(c1)CC(C1CC(C)C3=C(C4CC4)CCC=C3C(=O)N1C)=N2. The normalized spacial score (nSPS) is 25.6. The van der Waals surface area contributed by atoms with Gasteiger partial charge in [-0.05, 0) is 85.1 Å². The van der Waals surface area contributed by atoms with Gasteiger partial charge in [0, 0.05) is 31.0 Å². The molecule has 0 radical (unpaired) electrons. The quantitative estimate of drug-likeness (QED) is 0.432. The fourth-order valence-corrected chi connectivity index (χ4v) is 5.67. The molecule has 0 bridgehead atoms. The summed E-state index contributed by atoms with van der Waals surface area (Å²) >= 11 is 0. The smallest absolute Gasteiger partial charge is 0.254 e. The van der Waals surface area contributed by atoms with E-state index in [1.54, 1.807) is 17.8 Å². The van der Waals surface area contributed by atoms with Crippen molar-refractivity contribution in [2.24, 2.45) is 21.8 Å². The molecule has 0 spiro atoms. The molecule has 0 N–H and O–H groups in total. The van der Waals surface area contributed by atoms with E-state index in [1.807, 2.05) is 11.9 Å². The first-order chi connectivity index (χ1) is 15.5. The molecule has 2 aliphatic carbocycles. The van der Waals surface area contributed by atoms with Gasteiger partial charge in [-0.1, -0.05) is 37.3 Å². The molecule has 2 unspecified atom stereocenters. The van der Waals surface area contributed by atoms with Crippen molar-refractivity contribution < 1.29 is 4.79 Å². The van der Waals surface area contributed by atoms with Crippen LogP contribution in [-0.4, -0.2) is 36.3 Å². The largest absolute Gasteiger partial charge is 0.333 e. The summed E-state index contributed by atoms with van der Waals surface area (Å²) < 4.78 is 0. The van der Waals surface area contributed by atoms with E-state index in [-0.39, 0.29) is 11.9 Å². The first-order valence-electron chi connectivity index (χ1n) is 11.7. The van der Waals surface area contributed by atoms with Crippen LogP contribution in [-0.2, 0) is 11.2 Å². The fourth-order valence-electron chi connectivity index (χ4n) is 5.67. The van der Waals surface area contributed by atoms with Gasteiger partial charge in [-0.25, -0.2) is 0 Å². The van der Waals surface area contributed by atoms with E-state index in [9.17, 15) is 4.79 Å². The lowest BCUT2D eigenvalue weighted by Gasteiger charge is -2.27. The summed E-state index contributed by atoms with van der Waals surface area (Å²) in [5, 5.41) is 0. The number of benzene rings is 1. The van der Waals surface area contributed by atoms with Crippen molar-refractivity contribution in [1.29, 1.82) is 0 Å². The molecule has 5 rings (SSSR count). The van der Waals surface area contributed by atoms with Gasteiger partial charge in [0.1, 0.15) is 0 Å². The summed E-state index contributed by atoms with van der Waals surface area (Å²) in [6.45, 7) is 9.76. The Morgan fingerprint density at radius 2 is 2.12 bits per heavy atom.